The molecule has 1 heterocycles. The van der Waals surface area contributed by atoms with Crippen LogP contribution in [0.1, 0.15) is 5.56 Å². The number of nitrogens with one attached hydrogen (secondary N) is 1. The van der Waals surface area contributed by atoms with Gasteiger partial charge in [-0.3, -0.25) is 4.79 Å². The Morgan fingerprint density at radius 3 is 2.83 bits per heavy atom. The summed E-state index contributed by atoms with van der Waals surface area (Å²) in [5.74, 6) is -0.951. The molecule has 7 heteroatoms. The van der Waals surface area contributed by atoms with Crippen molar-refractivity contribution in [1.29, 1.82) is 0 Å². The van der Waals surface area contributed by atoms with Crippen LogP contribution in [-0.2, 0) is 11.2 Å². The Morgan fingerprint density at radius 2 is 2.13 bits per heavy atom. The summed E-state index contributed by atoms with van der Waals surface area (Å²) in [5.41, 5.74) is 6.61. The molecule has 3 N–H and O–H groups in total. The topological polar surface area (TPSA) is 80.4 Å². The minimum atomic E-state index is -0.523. The number of nitrogens with two attached hydrogens (primary N) is 1. The van der Waals surface area contributed by atoms with E-state index < -0.39 is 11.7 Å². The van der Waals surface area contributed by atoms with Crippen molar-refractivity contribution in [2.24, 2.45) is 10.7 Å². The van der Waals surface area contributed by atoms with E-state index in [2.05, 4.69) is 15.3 Å². The predicted octanol–water partition coefficient (Wildman–Crippen LogP) is 2.93. The van der Waals surface area contributed by atoms with Crippen LogP contribution in [-0.4, -0.2) is 16.7 Å². The van der Waals surface area contributed by atoms with Crippen LogP contribution >= 0.6 is 11.6 Å². The molecule has 1 amide bonds. The van der Waals surface area contributed by atoms with Gasteiger partial charge < -0.3 is 11.1 Å². The lowest BCUT2D eigenvalue weighted by atomic mass is 10.1. The fourth-order valence-corrected chi connectivity index (χ4v) is 1.82. The van der Waals surface area contributed by atoms with Crippen molar-refractivity contribution in [3.8, 4) is 0 Å². The number of nitrogens with zero attached hydrogens (tertiary/aromatic N) is 2. The number of rotatable bonds is 5. The monoisotopic (exact) mass is 332 g/mol. The van der Waals surface area contributed by atoms with Crippen molar-refractivity contribution in [3.05, 3.63) is 71.4 Å². The number of hydrogen-bond acceptors (Lipinski definition) is 3. The lowest BCUT2D eigenvalue weighted by Gasteiger charge is -2.00. The summed E-state index contributed by atoms with van der Waals surface area (Å²) in [6, 6.07) is 9.40. The highest BCUT2D eigenvalue weighted by molar-refractivity contribution is 6.29. The van der Waals surface area contributed by atoms with Crippen LogP contribution < -0.4 is 11.1 Å². The normalized spacial score (nSPS) is 11.7. The van der Waals surface area contributed by atoms with Crippen molar-refractivity contribution < 1.29 is 9.18 Å². The maximum Gasteiger partial charge on any atom is 0.252 e. The number of carbonyl (C=O) groups is 1. The molecule has 0 spiro atoms. The Bertz CT molecular complexity index is 744. The molecule has 0 aliphatic heterocycles. The number of benzene rings is 1. The fraction of sp³-hybridized carbons (Fsp3) is 0.0625. The van der Waals surface area contributed by atoms with Crippen molar-refractivity contribution in [3.63, 3.8) is 0 Å². The molecular formula is C16H14ClFN4O. The third kappa shape index (κ3) is 5.52. The molecule has 0 unspecified atom stereocenters. The Labute approximate surface area is 137 Å². The zero-order valence-corrected chi connectivity index (χ0v) is 12.8. The molecule has 0 aliphatic carbocycles. The standard InChI is InChI=1S/C16H14ClFN4O/c17-14-6-5-12(10-21-14)20-8-7-15(19)22-16(23)9-11-3-1-2-4-13(11)18/h1-8,10,20H,9H2,(H2,19,22,23)/b8-7-. The summed E-state index contributed by atoms with van der Waals surface area (Å²) in [7, 11) is 0. The molecule has 1 aromatic carbocycles. The summed E-state index contributed by atoms with van der Waals surface area (Å²) in [4.78, 5) is 19.3. The molecule has 0 fully saturated rings. The van der Waals surface area contributed by atoms with Gasteiger partial charge in [0.25, 0.3) is 5.91 Å². The molecule has 0 atom stereocenters. The molecule has 5 nitrogen and oxygen atoms in total. The van der Waals surface area contributed by atoms with Crippen molar-refractivity contribution in [2.45, 2.75) is 6.42 Å². The van der Waals surface area contributed by atoms with E-state index in [1.807, 2.05) is 0 Å². The summed E-state index contributed by atoms with van der Waals surface area (Å²) in [6.45, 7) is 0. The Morgan fingerprint density at radius 1 is 1.35 bits per heavy atom. The molecular weight excluding hydrogens is 319 g/mol. The number of anilines is 1. The van der Waals surface area contributed by atoms with Crippen LogP contribution in [0.4, 0.5) is 10.1 Å². The number of aliphatic imine (C=N–C) groups is 1. The quantitative estimate of drug-likeness (QED) is 0.501. The van der Waals surface area contributed by atoms with E-state index in [-0.39, 0.29) is 17.8 Å². The fourth-order valence-electron chi connectivity index (χ4n) is 1.71. The number of pyridine rings is 1. The molecule has 0 aliphatic rings. The first-order valence-electron chi connectivity index (χ1n) is 6.69. The first-order chi connectivity index (χ1) is 11.0. The van der Waals surface area contributed by atoms with Gasteiger partial charge >= 0.3 is 0 Å². The van der Waals surface area contributed by atoms with Crippen LogP contribution in [0.2, 0.25) is 5.15 Å². The van der Waals surface area contributed by atoms with E-state index in [0.29, 0.717) is 10.8 Å². The predicted molar refractivity (Wildman–Crippen MR) is 88.7 cm³/mol. The van der Waals surface area contributed by atoms with Gasteiger partial charge in [-0.15, -0.1) is 0 Å². The van der Waals surface area contributed by atoms with E-state index >= 15 is 0 Å². The van der Waals surface area contributed by atoms with Crippen LogP contribution in [0.5, 0.6) is 0 Å². The highest BCUT2D eigenvalue weighted by atomic mass is 35.5. The second kappa shape index (κ2) is 8.05. The molecule has 0 radical (unpaired) electrons. The first-order valence-corrected chi connectivity index (χ1v) is 7.07. The Balaban J connectivity index is 1.91. The van der Waals surface area contributed by atoms with Gasteiger partial charge in [-0.25, -0.2) is 9.37 Å². The van der Waals surface area contributed by atoms with Crippen molar-refractivity contribution in [1.82, 2.24) is 4.98 Å². The molecule has 1 aromatic heterocycles. The average Bonchev–Trinajstić information content (AvgIpc) is 2.51. The number of amides is 1. The van der Waals surface area contributed by atoms with Crippen molar-refractivity contribution >= 4 is 29.0 Å². The number of carbonyl (C=O) groups excluding carboxylic acids is 1. The zero-order chi connectivity index (χ0) is 16.7. The van der Waals surface area contributed by atoms with Gasteiger partial charge in [0.05, 0.1) is 18.3 Å². The minimum Gasteiger partial charge on any atom is -0.384 e. The average molecular weight is 333 g/mol. The number of amidine groups is 1. The third-order valence-corrected chi connectivity index (χ3v) is 3.01. The maximum absolute atomic E-state index is 13.4. The maximum atomic E-state index is 13.4. The number of aromatic nitrogens is 1. The molecule has 2 rings (SSSR count). The molecule has 0 bridgehead atoms. The van der Waals surface area contributed by atoms with E-state index in [0.717, 1.165) is 0 Å². The van der Waals surface area contributed by atoms with E-state index in [1.165, 1.54) is 24.4 Å². The van der Waals surface area contributed by atoms with E-state index in [1.54, 1.807) is 30.5 Å². The third-order valence-electron chi connectivity index (χ3n) is 2.78. The van der Waals surface area contributed by atoms with Gasteiger partial charge in [0.15, 0.2) is 0 Å². The minimum absolute atomic E-state index is 0.0146. The molecule has 0 saturated heterocycles. The Kier molecular flexibility index (Phi) is 5.82. The zero-order valence-electron chi connectivity index (χ0n) is 12.0. The van der Waals surface area contributed by atoms with Gasteiger partial charge in [-0.05, 0) is 29.8 Å². The van der Waals surface area contributed by atoms with Crippen molar-refractivity contribution in [2.75, 3.05) is 5.32 Å². The summed E-state index contributed by atoms with van der Waals surface area (Å²) in [6.07, 6.45) is 4.34. The van der Waals surface area contributed by atoms with E-state index in [9.17, 15) is 9.18 Å². The van der Waals surface area contributed by atoms with Crippen LogP contribution in [0, 0.1) is 5.82 Å². The Hall–Kier alpha value is -2.73. The highest BCUT2D eigenvalue weighted by Crippen LogP contribution is 2.09. The van der Waals surface area contributed by atoms with Crippen LogP contribution in [0.3, 0.4) is 0 Å². The highest BCUT2D eigenvalue weighted by Gasteiger charge is 2.06. The van der Waals surface area contributed by atoms with Gasteiger partial charge in [0.1, 0.15) is 16.8 Å². The molecule has 23 heavy (non-hydrogen) atoms. The molecule has 118 valence electrons. The van der Waals surface area contributed by atoms with E-state index in [4.69, 9.17) is 17.3 Å². The summed E-state index contributed by atoms with van der Waals surface area (Å²) < 4.78 is 13.4. The van der Waals surface area contributed by atoms with Crippen LogP contribution in [0.25, 0.3) is 0 Å². The lowest BCUT2D eigenvalue weighted by molar-refractivity contribution is -0.117. The molecule has 2 aromatic rings. The number of hydrogen-bond donors (Lipinski definition) is 2. The smallest absolute Gasteiger partial charge is 0.252 e. The van der Waals surface area contributed by atoms with Crippen LogP contribution in [0.15, 0.2) is 59.9 Å². The SMILES string of the molecule is NC(/C=C\Nc1ccc(Cl)nc1)=NC(=O)Cc1ccccc1F. The second-order valence-corrected chi connectivity index (χ2v) is 4.93. The first kappa shape index (κ1) is 16.6. The molecule has 0 saturated carbocycles. The van der Waals surface area contributed by atoms with Gasteiger partial charge in [-0.2, -0.15) is 4.99 Å². The van der Waals surface area contributed by atoms with Gasteiger partial charge in [0, 0.05) is 6.20 Å². The number of halogens is 2. The summed E-state index contributed by atoms with van der Waals surface area (Å²) >= 11 is 5.67. The summed E-state index contributed by atoms with van der Waals surface area (Å²) in [5, 5.41) is 3.29. The lowest BCUT2D eigenvalue weighted by Crippen LogP contribution is -2.13. The second-order valence-electron chi connectivity index (χ2n) is 4.55. The largest absolute Gasteiger partial charge is 0.384 e. The van der Waals surface area contributed by atoms with Gasteiger partial charge in [0.2, 0.25) is 0 Å². The van der Waals surface area contributed by atoms with Gasteiger partial charge in [-0.1, -0.05) is 29.8 Å².